The fourth-order valence-electron chi connectivity index (χ4n) is 2.42. The molecule has 0 amide bonds. The van der Waals surface area contributed by atoms with E-state index >= 15 is 0 Å². The zero-order chi connectivity index (χ0) is 18.8. The summed E-state index contributed by atoms with van der Waals surface area (Å²) < 4.78 is 32.7. The fraction of sp³-hybridized carbons (Fsp3) is 1.00. The summed E-state index contributed by atoms with van der Waals surface area (Å²) in [6.07, 6.45) is 13.7. The van der Waals surface area contributed by atoms with Crippen molar-refractivity contribution in [1.29, 1.82) is 0 Å². The largest absolute Gasteiger partial charge is 0.367 e. The molecule has 0 aromatic heterocycles. The van der Waals surface area contributed by atoms with E-state index in [9.17, 15) is 0 Å². The Kier molecular flexibility index (Phi) is 19.5. The van der Waals surface area contributed by atoms with Gasteiger partial charge in [0.25, 0.3) is 0 Å². The minimum absolute atomic E-state index is 0.359. The van der Waals surface area contributed by atoms with E-state index in [4.69, 9.17) is 28.8 Å². The van der Waals surface area contributed by atoms with Gasteiger partial charge < -0.3 is 15.1 Å². The Morgan fingerprint density at radius 3 is 1.46 bits per heavy atom. The molecule has 0 heterocycles. The number of aliphatic hydroxyl groups excluding tert-OH is 1. The summed E-state index contributed by atoms with van der Waals surface area (Å²) in [5.41, 5.74) is 0. The lowest BCUT2D eigenvalue weighted by atomic mass is 10.1. The van der Waals surface area contributed by atoms with Crippen molar-refractivity contribution in [2.45, 2.75) is 83.8 Å². The van der Waals surface area contributed by atoms with Gasteiger partial charge >= 0.3 is 0 Å². The number of hydrogen-bond acceptors (Lipinski definition) is 7. The van der Waals surface area contributed by atoms with Gasteiger partial charge in [-0.1, -0.05) is 71.1 Å². The maximum Gasteiger partial charge on any atom is 0.164 e. The zero-order valence-electron chi connectivity index (χ0n) is 15.2. The Labute approximate surface area is 148 Å². The number of aliphatic hydroxyl groups is 2. The monoisotopic (exact) mass is 373 g/mol. The van der Waals surface area contributed by atoms with Gasteiger partial charge in [0.15, 0.2) is 6.29 Å². The molecule has 0 saturated carbocycles. The summed E-state index contributed by atoms with van der Waals surface area (Å²) in [5, 5.41) is 17.6. The van der Waals surface area contributed by atoms with Crippen LogP contribution in [-0.2, 0) is 0 Å². The first-order valence-corrected chi connectivity index (χ1v) is 10.1. The molecule has 8 heteroatoms. The number of unbranched alkanes of at least 4 members (excludes halogenated alkanes) is 10. The third-order valence-electron chi connectivity index (χ3n) is 3.62. The molecule has 0 rings (SSSR count). The highest BCUT2D eigenvalue weighted by atomic mass is 35.7. The minimum Gasteiger partial charge on any atom is -0.367 e. The van der Waals surface area contributed by atoms with Crippen LogP contribution in [0.4, 0.5) is 0 Å². The lowest BCUT2D eigenvalue weighted by molar-refractivity contribution is -1.92. The smallest absolute Gasteiger partial charge is 0.164 e. The van der Waals surface area contributed by atoms with Gasteiger partial charge in [0.1, 0.15) is 0 Å². The van der Waals surface area contributed by atoms with Crippen molar-refractivity contribution in [2.24, 2.45) is 0 Å². The van der Waals surface area contributed by atoms with Crippen LogP contribution in [0.25, 0.3) is 0 Å². The van der Waals surface area contributed by atoms with Gasteiger partial charge in [-0.2, -0.15) is 14.0 Å². The maximum atomic E-state index is 8.81. The first-order valence-electron chi connectivity index (χ1n) is 8.84. The summed E-state index contributed by atoms with van der Waals surface area (Å²) in [6, 6.07) is 0. The van der Waals surface area contributed by atoms with Crippen molar-refractivity contribution in [3.8, 4) is 0 Å². The Hall–Kier alpha value is 0.01000. The van der Waals surface area contributed by atoms with Gasteiger partial charge in [0.05, 0.1) is 14.9 Å². The van der Waals surface area contributed by atoms with Crippen LogP contribution < -0.4 is 14.0 Å². The summed E-state index contributed by atoms with van der Waals surface area (Å²) in [7, 11) is -2.75. The summed E-state index contributed by atoms with van der Waals surface area (Å²) in [4.78, 5) is 1.98. The number of halogens is 1. The van der Waals surface area contributed by atoms with E-state index in [2.05, 4.69) is 6.92 Å². The highest BCUT2D eigenvalue weighted by Gasteiger charge is 2.03. The van der Waals surface area contributed by atoms with Crippen molar-refractivity contribution in [3.05, 3.63) is 0 Å². The lowest BCUT2D eigenvalue weighted by Crippen LogP contribution is -2.58. The van der Waals surface area contributed by atoms with E-state index in [-0.39, 0.29) is 0 Å². The summed E-state index contributed by atoms with van der Waals surface area (Å²) in [5.74, 6) is 0. The Morgan fingerprint density at radius 1 is 0.792 bits per heavy atom. The van der Waals surface area contributed by atoms with Crippen molar-refractivity contribution in [1.82, 2.24) is 4.90 Å². The lowest BCUT2D eigenvalue weighted by Gasteiger charge is -2.17. The third-order valence-corrected chi connectivity index (χ3v) is 3.62. The molecule has 24 heavy (non-hydrogen) atoms. The molecule has 0 bridgehead atoms. The van der Waals surface area contributed by atoms with Gasteiger partial charge in [0.2, 0.25) is 0 Å². The molecule has 0 aliphatic carbocycles. The number of likely N-dealkylation sites (N-methyl/N-ethyl adjacent to an activating group) is 1. The molecule has 0 aliphatic heterocycles. The van der Waals surface area contributed by atoms with Crippen LogP contribution in [0.5, 0.6) is 0 Å². The number of nitrogens with zero attached hydrogens (tertiary/aromatic N) is 1. The standard InChI is InChI=1S/C16H35NO2.ClHO4/c1-3-4-5-6-7-8-9-10-11-12-13-14-17(2)15-16(18)19;2-1(3,4)5/h16,18-19H,3-15H2,1-2H3;(H,2,3,4,5). The van der Waals surface area contributed by atoms with Crippen molar-refractivity contribution >= 4 is 0 Å². The van der Waals surface area contributed by atoms with E-state index in [1.165, 1.54) is 70.6 Å². The molecule has 0 atom stereocenters. The van der Waals surface area contributed by atoms with E-state index in [1.54, 1.807) is 0 Å². The van der Waals surface area contributed by atoms with E-state index in [0.29, 0.717) is 6.54 Å². The molecule has 0 saturated heterocycles. The van der Waals surface area contributed by atoms with Gasteiger partial charge in [0, 0.05) is 6.54 Å². The van der Waals surface area contributed by atoms with Crippen LogP contribution in [0.3, 0.4) is 0 Å². The Morgan fingerprint density at radius 2 is 1.12 bits per heavy atom. The summed E-state index contributed by atoms with van der Waals surface area (Å²) in [6.45, 7) is 3.59. The minimum atomic E-state index is -4.69. The van der Waals surface area contributed by atoms with E-state index in [0.717, 1.165) is 6.54 Å². The Bertz CT molecular complexity index is 245. The molecule has 3 N–H and O–H groups in total. The molecular weight excluding hydrogens is 338 g/mol. The van der Waals surface area contributed by atoms with Crippen molar-refractivity contribution in [2.75, 3.05) is 20.1 Å². The molecule has 0 fully saturated rings. The SMILES string of the molecule is CCCCCCCCCCCCCN(C)CC(O)O.[O-][Cl+3]([O-])([O-])O. The van der Waals surface area contributed by atoms with E-state index < -0.39 is 16.5 Å². The molecule has 7 nitrogen and oxygen atoms in total. The first-order chi connectivity index (χ1) is 11.2. The van der Waals surface area contributed by atoms with E-state index in [1.807, 2.05) is 11.9 Å². The topological polar surface area (TPSA) is 133 Å². The molecule has 0 spiro atoms. The van der Waals surface area contributed by atoms with Crippen LogP contribution in [0.2, 0.25) is 0 Å². The van der Waals surface area contributed by atoms with Crippen LogP contribution in [0.15, 0.2) is 0 Å². The van der Waals surface area contributed by atoms with Gasteiger partial charge in [-0.25, -0.2) is 0 Å². The van der Waals surface area contributed by atoms with Gasteiger partial charge in [-0.15, -0.1) is 0 Å². The highest BCUT2D eigenvalue weighted by Crippen LogP contribution is 2.11. The molecule has 0 aromatic rings. The number of rotatable bonds is 14. The quantitative estimate of drug-likeness (QED) is 0.274. The number of hydrogen-bond donors (Lipinski definition) is 3. The van der Waals surface area contributed by atoms with Gasteiger partial charge in [-0.3, -0.25) is 0 Å². The molecule has 0 radical (unpaired) electrons. The van der Waals surface area contributed by atoms with Crippen LogP contribution >= 0.6 is 0 Å². The first kappa shape index (κ1) is 26.2. The molecular formula is C16H36ClNO6. The van der Waals surface area contributed by atoms with Crippen molar-refractivity contribution < 1.29 is 39.1 Å². The maximum absolute atomic E-state index is 8.81. The fourth-order valence-corrected chi connectivity index (χ4v) is 2.42. The third kappa shape index (κ3) is 33.6. The van der Waals surface area contributed by atoms with Crippen LogP contribution in [0.1, 0.15) is 77.6 Å². The second-order valence-corrected chi connectivity index (χ2v) is 6.97. The van der Waals surface area contributed by atoms with Crippen LogP contribution in [-0.4, -0.2) is 46.2 Å². The average Bonchev–Trinajstić information content (AvgIpc) is 2.42. The van der Waals surface area contributed by atoms with Gasteiger partial charge in [-0.05, 0) is 20.0 Å². The summed E-state index contributed by atoms with van der Waals surface area (Å²) >= 11 is 0. The second-order valence-electron chi connectivity index (χ2n) is 6.17. The molecule has 148 valence electrons. The molecule has 0 aliphatic rings. The molecule has 0 unspecified atom stereocenters. The predicted molar refractivity (Wildman–Crippen MR) is 84.4 cm³/mol. The zero-order valence-corrected chi connectivity index (χ0v) is 15.9. The normalized spacial score (nSPS) is 11.8. The molecule has 0 aromatic carbocycles. The Balaban J connectivity index is 0. The van der Waals surface area contributed by atoms with Crippen molar-refractivity contribution in [3.63, 3.8) is 0 Å². The van der Waals surface area contributed by atoms with Crippen LogP contribution in [0, 0.1) is 10.2 Å². The average molecular weight is 374 g/mol. The second kappa shape index (κ2) is 17.8. The predicted octanol–water partition coefficient (Wildman–Crippen LogP) is -0.584. The highest BCUT2D eigenvalue weighted by molar-refractivity contribution is 4.54.